The fourth-order valence-electron chi connectivity index (χ4n) is 1.56. The second-order valence-electron chi connectivity index (χ2n) is 4.05. The number of aliphatic hydroxyl groups is 1. The fraction of sp³-hybridized carbons (Fsp3) is 0.308. The normalized spacial score (nSPS) is 10.9. The number of hydrogen-bond acceptors (Lipinski definition) is 5. The highest BCUT2D eigenvalue weighted by atomic mass is 32.2. The molecule has 0 aromatic heterocycles. The Morgan fingerprint density at radius 1 is 1.48 bits per heavy atom. The van der Waals surface area contributed by atoms with Gasteiger partial charge in [-0.15, -0.1) is 0 Å². The number of rotatable bonds is 5. The van der Waals surface area contributed by atoms with Gasteiger partial charge in [-0.3, -0.25) is 4.79 Å². The third kappa shape index (κ3) is 4.19. The van der Waals surface area contributed by atoms with Gasteiger partial charge in [-0.2, -0.15) is 4.31 Å². The van der Waals surface area contributed by atoms with E-state index in [9.17, 15) is 13.2 Å². The van der Waals surface area contributed by atoms with E-state index in [-0.39, 0.29) is 11.5 Å². The molecule has 0 aliphatic rings. The SMILES string of the molecule is COc1ccc(S(=O)(=O)N(C)CC(N)=O)cc1C#CCO. The molecule has 0 saturated carbocycles. The highest BCUT2D eigenvalue weighted by Crippen LogP contribution is 2.23. The minimum atomic E-state index is -3.86. The van der Waals surface area contributed by atoms with Crippen molar-refractivity contribution in [3.63, 3.8) is 0 Å². The van der Waals surface area contributed by atoms with Crippen molar-refractivity contribution in [2.75, 3.05) is 27.3 Å². The van der Waals surface area contributed by atoms with Crippen LogP contribution in [0.25, 0.3) is 0 Å². The minimum Gasteiger partial charge on any atom is -0.495 e. The Labute approximate surface area is 123 Å². The smallest absolute Gasteiger partial charge is 0.243 e. The van der Waals surface area contributed by atoms with Crippen molar-refractivity contribution < 1.29 is 23.1 Å². The van der Waals surface area contributed by atoms with Gasteiger partial charge in [0, 0.05) is 7.05 Å². The number of ether oxygens (including phenoxy) is 1. The second kappa shape index (κ2) is 7.08. The third-order valence-corrected chi connectivity index (χ3v) is 4.36. The Balaban J connectivity index is 3.28. The van der Waals surface area contributed by atoms with E-state index >= 15 is 0 Å². The van der Waals surface area contributed by atoms with E-state index in [1.165, 1.54) is 32.4 Å². The first kappa shape index (κ1) is 17.0. The molecule has 0 saturated heterocycles. The number of likely N-dealkylation sites (N-methyl/N-ethyl adjacent to an activating group) is 1. The van der Waals surface area contributed by atoms with Crippen molar-refractivity contribution in [3.8, 4) is 17.6 Å². The summed E-state index contributed by atoms with van der Waals surface area (Å²) in [5, 5.41) is 8.72. The summed E-state index contributed by atoms with van der Waals surface area (Å²) in [5.41, 5.74) is 5.31. The number of primary amides is 1. The Kier molecular flexibility index (Phi) is 5.72. The molecule has 0 aliphatic carbocycles. The van der Waals surface area contributed by atoms with Crippen LogP contribution in [0.5, 0.6) is 5.75 Å². The van der Waals surface area contributed by atoms with Crippen LogP contribution < -0.4 is 10.5 Å². The van der Waals surface area contributed by atoms with Crippen LogP contribution in [0.4, 0.5) is 0 Å². The van der Waals surface area contributed by atoms with E-state index in [1.807, 2.05) is 0 Å². The van der Waals surface area contributed by atoms with E-state index in [4.69, 9.17) is 15.6 Å². The summed E-state index contributed by atoms with van der Waals surface area (Å²) in [5.74, 6) is 4.66. The van der Waals surface area contributed by atoms with Gasteiger partial charge in [0.1, 0.15) is 12.4 Å². The van der Waals surface area contributed by atoms with Crippen molar-refractivity contribution in [2.24, 2.45) is 5.73 Å². The number of methoxy groups -OCH3 is 1. The Bertz CT molecular complexity index is 688. The van der Waals surface area contributed by atoms with E-state index in [0.29, 0.717) is 11.3 Å². The van der Waals surface area contributed by atoms with Crippen LogP contribution in [-0.4, -0.2) is 51.0 Å². The van der Waals surface area contributed by atoms with Crippen molar-refractivity contribution in [2.45, 2.75) is 4.90 Å². The summed E-state index contributed by atoms with van der Waals surface area (Å²) in [6, 6.07) is 4.11. The number of carbonyl (C=O) groups excluding carboxylic acids is 1. The molecular weight excluding hydrogens is 296 g/mol. The number of nitrogens with two attached hydrogens (primary N) is 1. The molecule has 21 heavy (non-hydrogen) atoms. The molecule has 114 valence electrons. The topological polar surface area (TPSA) is 110 Å². The average Bonchev–Trinajstić information content (AvgIpc) is 2.43. The van der Waals surface area contributed by atoms with Crippen molar-refractivity contribution >= 4 is 15.9 Å². The molecule has 1 amide bonds. The number of nitrogens with zero attached hydrogens (tertiary/aromatic N) is 1. The van der Waals surface area contributed by atoms with E-state index < -0.39 is 22.5 Å². The molecule has 0 radical (unpaired) electrons. The molecule has 0 spiro atoms. The molecule has 7 nitrogen and oxygen atoms in total. The molecule has 0 bridgehead atoms. The van der Waals surface area contributed by atoms with Crippen LogP contribution >= 0.6 is 0 Å². The predicted molar refractivity (Wildman–Crippen MR) is 76.0 cm³/mol. The van der Waals surface area contributed by atoms with Gasteiger partial charge in [0.05, 0.1) is 24.1 Å². The molecule has 8 heteroatoms. The number of sulfonamides is 1. The maximum atomic E-state index is 12.3. The fourth-order valence-corrected chi connectivity index (χ4v) is 2.73. The van der Waals surface area contributed by atoms with Crippen LogP contribution in [0.1, 0.15) is 5.56 Å². The lowest BCUT2D eigenvalue weighted by molar-refractivity contribution is -0.118. The molecule has 0 unspecified atom stereocenters. The molecule has 1 rings (SSSR count). The van der Waals surface area contributed by atoms with Gasteiger partial charge in [0.2, 0.25) is 15.9 Å². The summed E-state index contributed by atoms with van der Waals surface area (Å²) < 4.78 is 30.5. The van der Waals surface area contributed by atoms with Crippen LogP contribution in [0.15, 0.2) is 23.1 Å². The van der Waals surface area contributed by atoms with E-state index in [1.54, 1.807) is 0 Å². The predicted octanol–water partition coefficient (Wildman–Crippen LogP) is -0.855. The van der Waals surface area contributed by atoms with Crippen LogP contribution in [0.2, 0.25) is 0 Å². The lowest BCUT2D eigenvalue weighted by Gasteiger charge is -2.16. The zero-order chi connectivity index (χ0) is 16.0. The number of benzene rings is 1. The molecule has 1 aromatic carbocycles. The first-order chi connectivity index (χ1) is 9.82. The van der Waals surface area contributed by atoms with Gasteiger partial charge < -0.3 is 15.6 Å². The Hall–Kier alpha value is -2.08. The summed E-state index contributed by atoms with van der Waals surface area (Å²) in [7, 11) is -1.18. The van der Waals surface area contributed by atoms with E-state index in [0.717, 1.165) is 4.31 Å². The van der Waals surface area contributed by atoms with Gasteiger partial charge in [0.15, 0.2) is 0 Å². The van der Waals surface area contributed by atoms with Crippen molar-refractivity contribution in [1.82, 2.24) is 4.31 Å². The third-order valence-electron chi connectivity index (χ3n) is 2.56. The number of hydrogen-bond donors (Lipinski definition) is 2. The maximum absolute atomic E-state index is 12.3. The van der Waals surface area contributed by atoms with Crippen LogP contribution in [-0.2, 0) is 14.8 Å². The van der Waals surface area contributed by atoms with E-state index in [2.05, 4.69) is 11.8 Å². The first-order valence-electron chi connectivity index (χ1n) is 5.85. The second-order valence-corrected chi connectivity index (χ2v) is 6.09. The number of aliphatic hydroxyl groups excluding tert-OH is 1. The van der Waals surface area contributed by atoms with Gasteiger partial charge in [-0.05, 0) is 18.2 Å². The maximum Gasteiger partial charge on any atom is 0.243 e. The minimum absolute atomic E-state index is 0.0470. The van der Waals surface area contributed by atoms with Gasteiger partial charge in [0.25, 0.3) is 0 Å². The Morgan fingerprint density at radius 2 is 2.14 bits per heavy atom. The summed E-state index contributed by atoms with van der Waals surface area (Å²) >= 11 is 0. The van der Waals surface area contributed by atoms with Gasteiger partial charge in [-0.1, -0.05) is 11.8 Å². The molecule has 1 aromatic rings. The molecule has 0 heterocycles. The highest BCUT2D eigenvalue weighted by molar-refractivity contribution is 7.89. The van der Waals surface area contributed by atoms with Gasteiger partial charge in [-0.25, -0.2) is 8.42 Å². The standard InChI is InChI=1S/C13H16N2O5S/c1-15(9-13(14)17)21(18,19)11-5-6-12(20-2)10(8-11)4-3-7-16/h5-6,8,16H,7,9H2,1-2H3,(H2,14,17). The zero-order valence-corrected chi connectivity index (χ0v) is 12.5. The molecular formula is C13H16N2O5S. The van der Waals surface area contributed by atoms with Crippen LogP contribution in [0, 0.1) is 11.8 Å². The highest BCUT2D eigenvalue weighted by Gasteiger charge is 2.23. The lowest BCUT2D eigenvalue weighted by atomic mass is 10.2. The number of amides is 1. The van der Waals surface area contributed by atoms with Crippen LogP contribution in [0.3, 0.4) is 0 Å². The number of carbonyl (C=O) groups is 1. The molecule has 0 aliphatic heterocycles. The summed E-state index contributed by atoms with van der Waals surface area (Å²) in [4.78, 5) is 10.8. The summed E-state index contributed by atoms with van der Waals surface area (Å²) in [6.07, 6.45) is 0. The monoisotopic (exact) mass is 312 g/mol. The van der Waals surface area contributed by atoms with Crippen molar-refractivity contribution in [3.05, 3.63) is 23.8 Å². The average molecular weight is 312 g/mol. The molecule has 0 atom stereocenters. The first-order valence-corrected chi connectivity index (χ1v) is 7.29. The molecule has 3 N–H and O–H groups in total. The van der Waals surface area contributed by atoms with Crippen molar-refractivity contribution in [1.29, 1.82) is 0 Å². The summed E-state index contributed by atoms with van der Waals surface area (Å²) in [6.45, 7) is -0.784. The van der Waals surface area contributed by atoms with Gasteiger partial charge >= 0.3 is 0 Å². The largest absolute Gasteiger partial charge is 0.495 e. The molecule has 0 fully saturated rings. The quantitative estimate of drug-likeness (QED) is 0.688. The lowest BCUT2D eigenvalue weighted by Crippen LogP contribution is -2.35. The zero-order valence-electron chi connectivity index (χ0n) is 11.7. The Morgan fingerprint density at radius 3 is 2.67 bits per heavy atom.